The second-order valence-electron chi connectivity index (χ2n) is 7.98. The molecule has 2 fully saturated rings. The molecule has 2 aliphatic rings. The van der Waals surface area contributed by atoms with Crippen LogP contribution >= 0.6 is 0 Å². The molecule has 4 atom stereocenters. The van der Waals surface area contributed by atoms with Crippen LogP contribution in [0.1, 0.15) is 25.7 Å². The Balaban J connectivity index is 1.31. The summed E-state index contributed by atoms with van der Waals surface area (Å²) < 4.78 is 22.2. The second kappa shape index (κ2) is 7.64. The average Bonchev–Trinajstić information content (AvgIpc) is 3.19. The number of fused-ring (bicyclic) bond motifs is 2. The van der Waals surface area contributed by atoms with Gasteiger partial charge in [-0.05, 0) is 18.9 Å². The Hall–Kier alpha value is -3.07. The van der Waals surface area contributed by atoms with Gasteiger partial charge < -0.3 is 15.2 Å². The summed E-state index contributed by atoms with van der Waals surface area (Å²) in [7, 11) is 1.82. The first-order valence-corrected chi connectivity index (χ1v) is 10.2. The van der Waals surface area contributed by atoms with Crippen LogP contribution in [0.4, 0.5) is 4.39 Å². The van der Waals surface area contributed by atoms with E-state index < -0.39 is 12.3 Å². The lowest BCUT2D eigenvalue weighted by atomic mass is 9.84. The molecule has 5 rings (SSSR count). The van der Waals surface area contributed by atoms with E-state index in [1.165, 1.54) is 0 Å². The first-order chi connectivity index (χ1) is 14.6. The van der Waals surface area contributed by atoms with E-state index in [0.717, 1.165) is 24.8 Å². The maximum Gasteiger partial charge on any atom is 0.233 e. The van der Waals surface area contributed by atoms with Crippen molar-refractivity contribution in [2.24, 2.45) is 7.05 Å². The molecule has 2 N–H and O–H groups in total. The van der Waals surface area contributed by atoms with Crippen molar-refractivity contribution in [1.29, 1.82) is 0 Å². The molecule has 30 heavy (non-hydrogen) atoms. The molecule has 0 unspecified atom stereocenters. The first kappa shape index (κ1) is 18.9. The number of hydrogen-bond donors (Lipinski definition) is 2. The Morgan fingerprint density at radius 3 is 2.83 bits per heavy atom. The summed E-state index contributed by atoms with van der Waals surface area (Å²) in [5.74, 6) is 0.327. The SMILES string of the molecule is Cn1cc(-c2cc(O)c(-c3ccc(O[C@@H]4C[C@H]5CCC[C@H](N5)[C@@H]4F)nn3)cn2)cn1. The number of hydrogen-bond acceptors (Lipinski definition) is 7. The van der Waals surface area contributed by atoms with Gasteiger partial charge in [0.05, 0.1) is 23.1 Å². The summed E-state index contributed by atoms with van der Waals surface area (Å²) in [4.78, 5) is 4.39. The van der Waals surface area contributed by atoms with Gasteiger partial charge in [0.15, 0.2) is 6.17 Å². The van der Waals surface area contributed by atoms with Crippen molar-refractivity contribution >= 4 is 0 Å². The molecule has 0 amide bonds. The molecule has 0 aliphatic carbocycles. The topological polar surface area (TPSA) is 98.0 Å². The number of pyridine rings is 1. The van der Waals surface area contributed by atoms with E-state index >= 15 is 0 Å². The summed E-state index contributed by atoms with van der Waals surface area (Å²) >= 11 is 0. The van der Waals surface area contributed by atoms with Gasteiger partial charge in [-0.1, -0.05) is 6.42 Å². The molecule has 2 saturated heterocycles. The summed E-state index contributed by atoms with van der Waals surface area (Å²) in [6, 6.07) is 5.07. The quantitative estimate of drug-likeness (QED) is 0.682. The minimum atomic E-state index is -1.06. The van der Waals surface area contributed by atoms with Gasteiger partial charge in [0.2, 0.25) is 5.88 Å². The zero-order valence-corrected chi connectivity index (χ0v) is 16.6. The van der Waals surface area contributed by atoms with E-state index in [1.807, 2.05) is 13.2 Å². The predicted octanol–water partition coefficient (Wildman–Crippen LogP) is 2.64. The third-order valence-electron chi connectivity index (χ3n) is 5.84. The lowest BCUT2D eigenvalue weighted by Gasteiger charge is -2.42. The van der Waals surface area contributed by atoms with Crippen LogP contribution in [0, 0.1) is 0 Å². The van der Waals surface area contributed by atoms with E-state index in [2.05, 4.69) is 25.6 Å². The van der Waals surface area contributed by atoms with Crippen molar-refractivity contribution in [3.05, 3.63) is 36.8 Å². The van der Waals surface area contributed by atoms with Gasteiger partial charge in [0, 0.05) is 55.6 Å². The number of piperidine rings is 2. The van der Waals surface area contributed by atoms with Crippen LogP contribution in [0.5, 0.6) is 11.6 Å². The Bertz CT molecular complexity index is 1040. The summed E-state index contributed by atoms with van der Waals surface area (Å²) in [5.41, 5.74) is 2.34. The van der Waals surface area contributed by atoms with Crippen molar-refractivity contribution in [3.8, 4) is 34.1 Å². The van der Waals surface area contributed by atoms with Gasteiger partial charge in [-0.3, -0.25) is 9.67 Å². The highest BCUT2D eigenvalue weighted by Gasteiger charge is 2.41. The number of nitrogens with zero attached hydrogens (tertiary/aromatic N) is 5. The monoisotopic (exact) mass is 410 g/mol. The Morgan fingerprint density at radius 2 is 2.10 bits per heavy atom. The normalized spacial score (nSPS) is 25.8. The highest BCUT2D eigenvalue weighted by atomic mass is 19.1. The molecule has 0 radical (unpaired) electrons. The lowest BCUT2D eigenvalue weighted by Crippen LogP contribution is -2.59. The van der Waals surface area contributed by atoms with Crippen LogP contribution in [0.15, 0.2) is 36.8 Å². The molecule has 0 spiro atoms. The summed E-state index contributed by atoms with van der Waals surface area (Å²) in [6.07, 6.45) is 7.04. The molecule has 2 aliphatic heterocycles. The van der Waals surface area contributed by atoms with Gasteiger partial charge in [-0.2, -0.15) is 5.10 Å². The van der Waals surface area contributed by atoms with E-state index in [1.54, 1.807) is 35.3 Å². The zero-order chi connectivity index (χ0) is 20.7. The molecule has 9 heteroatoms. The molecule has 3 aromatic heterocycles. The molecule has 0 aromatic carbocycles. The number of halogens is 1. The van der Waals surface area contributed by atoms with E-state index in [4.69, 9.17) is 4.74 Å². The van der Waals surface area contributed by atoms with Crippen molar-refractivity contribution in [3.63, 3.8) is 0 Å². The Morgan fingerprint density at radius 1 is 1.20 bits per heavy atom. The maximum absolute atomic E-state index is 14.7. The van der Waals surface area contributed by atoms with Crippen molar-refractivity contribution < 1.29 is 14.2 Å². The number of rotatable bonds is 4. The Labute approximate surface area is 173 Å². The third kappa shape index (κ3) is 3.60. The molecule has 8 nitrogen and oxygen atoms in total. The largest absolute Gasteiger partial charge is 0.507 e. The molecule has 5 heterocycles. The number of aryl methyl sites for hydroxylation is 1. The fraction of sp³-hybridized carbons (Fsp3) is 0.429. The van der Waals surface area contributed by atoms with Crippen LogP contribution in [-0.4, -0.2) is 54.4 Å². The third-order valence-corrected chi connectivity index (χ3v) is 5.84. The standard InChI is InChI=1S/C21H23FN6O2/c1-28-11-12(9-24-28)17-8-18(29)14(10-23-17)15-5-6-20(27-26-15)30-19-7-13-3-2-4-16(25-13)21(19)22/h5-6,8-11,13,16,19,21,25H,2-4,7H2,1H3,(H,23,29)/t13-,16+,19-,21+/m1/s1. The van der Waals surface area contributed by atoms with E-state index in [0.29, 0.717) is 29.4 Å². The molecular weight excluding hydrogens is 387 g/mol. The van der Waals surface area contributed by atoms with Crippen molar-refractivity contribution in [2.75, 3.05) is 0 Å². The molecule has 3 aromatic rings. The van der Waals surface area contributed by atoms with Crippen LogP contribution < -0.4 is 10.1 Å². The smallest absolute Gasteiger partial charge is 0.233 e. The predicted molar refractivity (Wildman–Crippen MR) is 108 cm³/mol. The van der Waals surface area contributed by atoms with Gasteiger partial charge >= 0.3 is 0 Å². The fourth-order valence-corrected chi connectivity index (χ4v) is 4.31. The number of nitrogens with one attached hydrogen (secondary N) is 1. The fourth-order valence-electron chi connectivity index (χ4n) is 4.31. The molecule has 0 saturated carbocycles. The van der Waals surface area contributed by atoms with Crippen LogP contribution in [0.2, 0.25) is 0 Å². The zero-order valence-electron chi connectivity index (χ0n) is 16.6. The number of aromatic hydroxyl groups is 1. The minimum Gasteiger partial charge on any atom is -0.507 e. The van der Waals surface area contributed by atoms with Crippen molar-refractivity contribution in [1.82, 2.24) is 30.3 Å². The highest BCUT2D eigenvalue weighted by Crippen LogP contribution is 2.32. The van der Waals surface area contributed by atoms with Gasteiger partial charge in [0.25, 0.3) is 0 Å². The van der Waals surface area contributed by atoms with E-state index in [-0.39, 0.29) is 17.7 Å². The number of alkyl halides is 1. The van der Waals surface area contributed by atoms with Crippen molar-refractivity contribution in [2.45, 2.75) is 50.0 Å². The molecular formula is C21H23FN6O2. The second-order valence-corrected chi connectivity index (χ2v) is 7.98. The van der Waals surface area contributed by atoms with Crippen LogP contribution in [0.3, 0.4) is 0 Å². The number of ether oxygens (including phenoxy) is 1. The Kier molecular flexibility index (Phi) is 4.82. The van der Waals surface area contributed by atoms with E-state index in [9.17, 15) is 9.50 Å². The van der Waals surface area contributed by atoms with Crippen LogP contribution in [0.25, 0.3) is 22.5 Å². The minimum absolute atomic E-state index is 0.0434. The van der Waals surface area contributed by atoms with Gasteiger partial charge in [-0.25, -0.2) is 4.39 Å². The first-order valence-electron chi connectivity index (χ1n) is 10.2. The molecule has 2 bridgehead atoms. The van der Waals surface area contributed by atoms with Gasteiger partial charge in [-0.15, -0.1) is 10.2 Å². The lowest BCUT2D eigenvalue weighted by molar-refractivity contribution is 0.00652. The summed E-state index contributed by atoms with van der Waals surface area (Å²) in [5, 5.41) is 26.1. The van der Waals surface area contributed by atoms with Crippen LogP contribution in [-0.2, 0) is 7.05 Å². The summed E-state index contributed by atoms with van der Waals surface area (Å²) in [6.45, 7) is 0. The average molecular weight is 410 g/mol. The molecule has 156 valence electrons. The number of aromatic nitrogens is 5. The van der Waals surface area contributed by atoms with Gasteiger partial charge in [0.1, 0.15) is 11.9 Å². The highest BCUT2D eigenvalue weighted by molar-refractivity contribution is 5.70. The maximum atomic E-state index is 14.7.